The maximum atomic E-state index is 13.8. The average molecular weight is 538 g/mol. The van der Waals surface area contributed by atoms with Gasteiger partial charge in [-0.1, -0.05) is 23.7 Å². The molecule has 2 aromatic carbocycles. The molecule has 2 heterocycles. The first-order valence-electron chi connectivity index (χ1n) is 12.4. The molecule has 3 aliphatic rings. The van der Waals surface area contributed by atoms with Gasteiger partial charge < -0.3 is 16.1 Å². The van der Waals surface area contributed by atoms with Gasteiger partial charge in [0.25, 0.3) is 6.43 Å². The largest absolute Gasteiger partial charge is 0.378 e. The van der Waals surface area contributed by atoms with Crippen molar-refractivity contribution in [2.24, 2.45) is 0 Å². The highest BCUT2D eigenvalue weighted by atomic mass is 35.5. The van der Waals surface area contributed by atoms with Gasteiger partial charge in [-0.2, -0.15) is 5.26 Å². The Balaban J connectivity index is 1.45. The smallest absolute Gasteiger partial charge is 0.261 e. The zero-order valence-corrected chi connectivity index (χ0v) is 21.2. The molecule has 7 nitrogen and oxygen atoms in total. The Bertz CT molecular complexity index is 1480. The van der Waals surface area contributed by atoms with E-state index in [9.17, 15) is 18.4 Å². The first-order valence-corrected chi connectivity index (χ1v) is 12.8. The van der Waals surface area contributed by atoms with Gasteiger partial charge in [-0.15, -0.1) is 5.53 Å². The van der Waals surface area contributed by atoms with Crippen molar-refractivity contribution in [2.45, 2.75) is 49.1 Å². The van der Waals surface area contributed by atoms with Gasteiger partial charge in [-0.3, -0.25) is 9.99 Å². The summed E-state index contributed by atoms with van der Waals surface area (Å²) in [6, 6.07) is 12.1. The number of rotatable bonds is 8. The number of anilines is 2. The van der Waals surface area contributed by atoms with Crippen molar-refractivity contribution in [3.8, 4) is 6.07 Å². The van der Waals surface area contributed by atoms with E-state index in [0.717, 1.165) is 24.1 Å². The Labute approximate surface area is 223 Å². The highest BCUT2D eigenvalue weighted by Crippen LogP contribution is 2.46. The third kappa shape index (κ3) is 4.27. The summed E-state index contributed by atoms with van der Waals surface area (Å²) in [5, 5.41) is 19.0. The van der Waals surface area contributed by atoms with Gasteiger partial charge in [-0.25, -0.2) is 13.2 Å². The normalized spacial score (nSPS) is 19.5. The van der Waals surface area contributed by atoms with Crippen LogP contribution in [0.25, 0.3) is 10.9 Å². The van der Waals surface area contributed by atoms with Crippen LogP contribution in [0, 0.1) is 17.1 Å². The number of halogens is 4. The lowest BCUT2D eigenvalue weighted by molar-refractivity contribution is 0.114. The molecule has 0 saturated heterocycles. The molecule has 1 aromatic heterocycles. The van der Waals surface area contributed by atoms with Crippen LogP contribution in [0.4, 0.5) is 24.5 Å². The van der Waals surface area contributed by atoms with Gasteiger partial charge >= 0.3 is 0 Å². The number of hydrazine groups is 2. The van der Waals surface area contributed by atoms with Gasteiger partial charge in [0.1, 0.15) is 19.7 Å². The highest BCUT2D eigenvalue weighted by Gasteiger charge is 2.51. The van der Waals surface area contributed by atoms with Crippen LogP contribution in [0.5, 0.6) is 0 Å². The van der Waals surface area contributed by atoms with E-state index in [-0.39, 0.29) is 17.1 Å². The number of pyridine rings is 1. The summed E-state index contributed by atoms with van der Waals surface area (Å²) in [6.45, 7) is 0. The standard InChI is InChI=1S/C26H24BClF3N7/c27-26(15-1-3-16(29)4-2-15,21-13-38(37-36-21)18-5-6-18)34-17-9-19-22(35-25(7-8-25)24(30)31)14(11-32)12-33-23(19)20(28)10-17/h1-4,9-10,12-13,18,24,34,36-37H,5-8,27H2,(H,33,35). The molecule has 2 aliphatic carbocycles. The van der Waals surface area contributed by atoms with E-state index in [2.05, 4.69) is 32.6 Å². The molecule has 3 aromatic rings. The molecule has 1 atom stereocenters. The molecule has 2 fully saturated rings. The molecule has 194 valence electrons. The minimum atomic E-state index is -2.59. The van der Waals surface area contributed by atoms with Crippen LogP contribution < -0.4 is 21.6 Å². The predicted octanol–water partition coefficient (Wildman–Crippen LogP) is 4.34. The minimum absolute atomic E-state index is 0.156. The lowest BCUT2D eigenvalue weighted by Gasteiger charge is -2.34. The summed E-state index contributed by atoms with van der Waals surface area (Å²) in [5.74, 6) is -0.352. The number of nitriles is 1. The van der Waals surface area contributed by atoms with Crippen LogP contribution in [0.1, 0.15) is 36.8 Å². The number of nitrogens with one attached hydrogen (secondary N) is 4. The van der Waals surface area contributed by atoms with Crippen LogP contribution in [0.3, 0.4) is 0 Å². The van der Waals surface area contributed by atoms with Crippen LogP contribution in [-0.4, -0.2) is 35.8 Å². The van der Waals surface area contributed by atoms with E-state index in [1.54, 1.807) is 24.3 Å². The van der Waals surface area contributed by atoms with Gasteiger partial charge in [-0.05, 0) is 55.5 Å². The number of hydrogen-bond donors (Lipinski definition) is 4. The highest BCUT2D eigenvalue weighted by molar-refractivity contribution is 6.36. The van der Waals surface area contributed by atoms with E-state index < -0.39 is 17.4 Å². The molecule has 2 saturated carbocycles. The number of nitrogens with zero attached hydrogens (tertiary/aromatic N) is 3. The summed E-state index contributed by atoms with van der Waals surface area (Å²) in [5.41, 5.74) is 7.16. The Kier molecular flexibility index (Phi) is 5.85. The fourth-order valence-corrected chi connectivity index (χ4v) is 5.10. The van der Waals surface area contributed by atoms with Gasteiger partial charge in [0.2, 0.25) is 0 Å². The van der Waals surface area contributed by atoms with Crippen molar-refractivity contribution >= 4 is 41.7 Å². The molecule has 1 aliphatic heterocycles. The molecule has 1 unspecified atom stereocenters. The molecular formula is C26H24BClF3N7. The number of fused-ring (bicyclic) bond motifs is 1. The summed E-state index contributed by atoms with van der Waals surface area (Å²) in [6.07, 6.45) is 3.53. The first kappa shape index (κ1) is 24.7. The van der Waals surface area contributed by atoms with E-state index in [0.29, 0.717) is 40.5 Å². The van der Waals surface area contributed by atoms with Crippen molar-refractivity contribution in [3.05, 3.63) is 76.5 Å². The van der Waals surface area contributed by atoms with Crippen molar-refractivity contribution < 1.29 is 13.2 Å². The van der Waals surface area contributed by atoms with Crippen molar-refractivity contribution in [3.63, 3.8) is 0 Å². The number of alkyl halides is 2. The zero-order chi connectivity index (χ0) is 26.7. The van der Waals surface area contributed by atoms with Crippen LogP contribution in [-0.2, 0) is 5.44 Å². The quantitative estimate of drug-likeness (QED) is 0.318. The van der Waals surface area contributed by atoms with Crippen molar-refractivity contribution in [1.29, 1.82) is 5.26 Å². The summed E-state index contributed by atoms with van der Waals surface area (Å²) in [4.78, 5) is 4.33. The molecule has 0 bridgehead atoms. The van der Waals surface area contributed by atoms with Gasteiger partial charge in [0, 0.05) is 29.5 Å². The van der Waals surface area contributed by atoms with Crippen molar-refractivity contribution in [2.75, 3.05) is 10.6 Å². The Morgan fingerprint density at radius 1 is 1.24 bits per heavy atom. The van der Waals surface area contributed by atoms with Crippen LogP contribution in [0.15, 0.2) is 54.5 Å². The Morgan fingerprint density at radius 3 is 2.61 bits per heavy atom. The molecule has 38 heavy (non-hydrogen) atoms. The molecule has 6 rings (SSSR count). The van der Waals surface area contributed by atoms with Gasteiger partial charge in [0.05, 0.1) is 38.5 Å². The first-order chi connectivity index (χ1) is 18.2. The van der Waals surface area contributed by atoms with Gasteiger partial charge in [0.15, 0.2) is 0 Å². The summed E-state index contributed by atoms with van der Waals surface area (Å²) >= 11 is 6.65. The SMILES string of the molecule is BC(Nc1cc(Cl)c2ncc(C#N)c(NC3(C(F)F)CC3)c2c1)(C1=CN(C2CC2)NN1)c1ccc(F)cc1. The molecule has 0 amide bonds. The average Bonchev–Trinajstić information content (AvgIpc) is 3.83. The van der Waals surface area contributed by atoms with E-state index in [1.165, 1.54) is 18.3 Å². The maximum absolute atomic E-state index is 13.8. The minimum Gasteiger partial charge on any atom is -0.378 e. The van der Waals surface area contributed by atoms with Crippen molar-refractivity contribution in [1.82, 2.24) is 21.0 Å². The van der Waals surface area contributed by atoms with Crippen LogP contribution in [0.2, 0.25) is 5.02 Å². The molecule has 12 heteroatoms. The fraction of sp³-hybridized carbons (Fsp3) is 0.308. The third-order valence-electron chi connectivity index (χ3n) is 7.51. The molecule has 0 spiro atoms. The maximum Gasteiger partial charge on any atom is 0.261 e. The van der Waals surface area contributed by atoms with E-state index in [4.69, 9.17) is 11.6 Å². The molecule has 4 N–H and O–H groups in total. The molecular weight excluding hydrogens is 514 g/mol. The second kappa shape index (κ2) is 9.00. The second-order valence-corrected chi connectivity index (χ2v) is 10.7. The fourth-order valence-electron chi connectivity index (χ4n) is 4.83. The number of aromatic nitrogens is 1. The summed E-state index contributed by atoms with van der Waals surface area (Å²) < 4.78 is 41.4. The van der Waals surface area contributed by atoms with E-state index in [1.807, 2.05) is 19.1 Å². The lowest BCUT2D eigenvalue weighted by atomic mass is 9.69. The number of benzene rings is 2. The second-order valence-electron chi connectivity index (χ2n) is 10.3. The lowest BCUT2D eigenvalue weighted by Crippen LogP contribution is -2.45. The Hall–Kier alpha value is -3.62. The zero-order valence-electron chi connectivity index (χ0n) is 20.5. The Morgan fingerprint density at radius 2 is 1.97 bits per heavy atom. The number of hydrogen-bond acceptors (Lipinski definition) is 7. The molecule has 0 radical (unpaired) electrons. The van der Waals surface area contributed by atoms with Crippen LogP contribution >= 0.6 is 11.6 Å². The predicted molar refractivity (Wildman–Crippen MR) is 143 cm³/mol. The van der Waals surface area contributed by atoms with E-state index >= 15 is 0 Å². The monoisotopic (exact) mass is 537 g/mol. The third-order valence-corrected chi connectivity index (χ3v) is 7.80. The topological polar surface area (TPSA) is 88.0 Å². The summed E-state index contributed by atoms with van der Waals surface area (Å²) in [7, 11) is 1.95.